The fourth-order valence-electron chi connectivity index (χ4n) is 2.89. The van der Waals surface area contributed by atoms with Crippen LogP contribution in [0.15, 0.2) is 47.8 Å². The summed E-state index contributed by atoms with van der Waals surface area (Å²) in [6.45, 7) is 0. The van der Waals surface area contributed by atoms with E-state index in [9.17, 15) is 4.79 Å². The maximum Gasteiger partial charge on any atom is 0.236 e. The number of aryl methyl sites for hydroxylation is 2. The van der Waals surface area contributed by atoms with Crippen molar-refractivity contribution in [2.75, 3.05) is 11.1 Å². The van der Waals surface area contributed by atoms with Crippen molar-refractivity contribution in [1.29, 1.82) is 0 Å². The van der Waals surface area contributed by atoms with Crippen molar-refractivity contribution in [1.82, 2.24) is 15.0 Å². The summed E-state index contributed by atoms with van der Waals surface area (Å²) < 4.78 is 0. The third kappa shape index (κ3) is 4.11. The lowest BCUT2D eigenvalue weighted by atomic mass is 10.0. The quantitative estimate of drug-likeness (QED) is 0.529. The fourth-order valence-corrected chi connectivity index (χ4v) is 4.62. The van der Waals surface area contributed by atoms with Crippen molar-refractivity contribution in [2.45, 2.75) is 30.7 Å². The molecule has 2 aromatic heterocycles. The van der Waals surface area contributed by atoms with Crippen LogP contribution in [0.5, 0.6) is 0 Å². The van der Waals surface area contributed by atoms with Gasteiger partial charge < -0.3 is 5.32 Å². The van der Waals surface area contributed by atoms with E-state index >= 15 is 0 Å². The molecular formula is C19H18N4OS2. The van der Waals surface area contributed by atoms with Crippen molar-refractivity contribution in [2.24, 2.45) is 0 Å². The Morgan fingerprint density at radius 1 is 1.15 bits per heavy atom. The number of amides is 1. The number of hydrogen-bond donors (Lipinski definition) is 1. The molecule has 132 valence electrons. The second kappa shape index (κ2) is 7.97. The van der Waals surface area contributed by atoms with Crippen LogP contribution in [-0.4, -0.2) is 26.6 Å². The number of thiazole rings is 1. The number of hydrogen-bond acceptors (Lipinski definition) is 6. The number of rotatable bonds is 5. The smallest absolute Gasteiger partial charge is 0.236 e. The average molecular weight is 383 g/mol. The largest absolute Gasteiger partial charge is 0.301 e. The van der Waals surface area contributed by atoms with E-state index < -0.39 is 0 Å². The summed E-state index contributed by atoms with van der Waals surface area (Å²) in [5, 5.41) is 4.42. The molecule has 0 saturated carbocycles. The van der Waals surface area contributed by atoms with Gasteiger partial charge in [-0.15, -0.1) is 11.3 Å². The molecule has 0 bridgehead atoms. The van der Waals surface area contributed by atoms with Gasteiger partial charge in [-0.2, -0.15) is 0 Å². The third-order valence-corrected chi connectivity index (χ3v) is 6.15. The van der Waals surface area contributed by atoms with Crippen LogP contribution in [0.2, 0.25) is 0 Å². The molecule has 1 aliphatic carbocycles. The predicted octanol–water partition coefficient (Wildman–Crippen LogP) is 4.21. The first-order valence-corrected chi connectivity index (χ1v) is 10.4. The number of carbonyl (C=O) groups is 1. The van der Waals surface area contributed by atoms with Gasteiger partial charge in [-0.05, 0) is 31.7 Å². The van der Waals surface area contributed by atoms with Gasteiger partial charge >= 0.3 is 0 Å². The van der Waals surface area contributed by atoms with Crippen LogP contribution in [-0.2, 0) is 17.6 Å². The summed E-state index contributed by atoms with van der Waals surface area (Å²) in [5.74, 6) is 0.246. The normalized spacial score (nSPS) is 13.2. The third-order valence-electron chi connectivity index (χ3n) is 4.15. The van der Waals surface area contributed by atoms with E-state index in [2.05, 4.69) is 20.3 Å². The summed E-state index contributed by atoms with van der Waals surface area (Å²) in [7, 11) is 0. The van der Waals surface area contributed by atoms with E-state index in [4.69, 9.17) is 0 Å². The molecule has 4 rings (SSSR count). The minimum Gasteiger partial charge on any atom is -0.301 e. The number of nitrogens with zero attached hydrogens (tertiary/aromatic N) is 3. The molecule has 5 nitrogen and oxygen atoms in total. The van der Waals surface area contributed by atoms with Crippen molar-refractivity contribution >= 4 is 34.1 Å². The minimum absolute atomic E-state index is 0.0547. The van der Waals surface area contributed by atoms with E-state index in [0.717, 1.165) is 40.0 Å². The Hall–Kier alpha value is -2.25. The van der Waals surface area contributed by atoms with Gasteiger partial charge in [0.25, 0.3) is 0 Å². The van der Waals surface area contributed by atoms with Crippen molar-refractivity contribution in [3.05, 3.63) is 53.3 Å². The maximum absolute atomic E-state index is 12.2. The molecule has 1 aliphatic rings. The Morgan fingerprint density at radius 2 is 2.00 bits per heavy atom. The number of anilines is 1. The second-order valence-electron chi connectivity index (χ2n) is 6.04. The summed E-state index contributed by atoms with van der Waals surface area (Å²) in [6.07, 6.45) is 6.06. The molecule has 1 N–H and O–H groups in total. The lowest BCUT2D eigenvalue weighted by molar-refractivity contribution is -0.113. The summed E-state index contributed by atoms with van der Waals surface area (Å²) in [5.41, 5.74) is 3.05. The fraction of sp³-hybridized carbons (Fsp3) is 0.263. The van der Waals surface area contributed by atoms with Crippen LogP contribution < -0.4 is 5.32 Å². The van der Waals surface area contributed by atoms with E-state index in [0.29, 0.717) is 5.75 Å². The Kier molecular flexibility index (Phi) is 5.26. The molecule has 0 saturated heterocycles. The average Bonchev–Trinajstić information content (AvgIpc) is 3.09. The Bertz CT molecular complexity index is 887. The van der Waals surface area contributed by atoms with Gasteiger partial charge in [0.1, 0.15) is 11.4 Å². The van der Waals surface area contributed by atoms with Gasteiger partial charge in [0.2, 0.25) is 5.91 Å². The highest BCUT2D eigenvalue weighted by molar-refractivity contribution is 7.99. The highest BCUT2D eigenvalue weighted by Gasteiger charge is 2.16. The van der Waals surface area contributed by atoms with Crippen molar-refractivity contribution < 1.29 is 4.79 Å². The zero-order valence-electron chi connectivity index (χ0n) is 14.1. The number of carbonyl (C=O) groups excluding carboxylic acids is 1. The Balaban J connectivity index is 1.36. The van der Waals surface area contributed by atoms with E-state index in [1.54, 1.807) is 11.3 Å². The van der Waals surface area contributed by atoms with Gasteiger partial charge in [-0.3, -0.25) is 4.79 Å². The molecule has 0 aliphatic heterocycles. The number of benzene rings is 1. The van der Waals surface area contributed by atoms with Crippen LogP contribution >= 0.6 is 23.1 Å². The first-order valence-electron chi connectivity index (χ1n) is 8.56. The van der Waals surface area contributed by atoms with Gasteiger partial charge in [0.15, 0.2) is 5.13 Å². The summed E-state index contributed by atoms with van der Waals surface area (Å²) in [6, 6.07) is 11.9. The van der Waals surface area contributed by atoms with Gasteiger partial charge in [-0.1, -0.05) is 42.1 Å². The maximum atomic E-state index is 12.2. The number of nitrogens with one attached hydrogen (secondary N) is 1. The standard InChI is InChI=1S/C19H18N4OS2/c24-17(23-19-22-14-8-4-5-9-16(14)26-19)11-25-18-10-15(20-12-21-18)13-6-2-1-3-7-13/h1-3,6-7,10,12H,4-5,8-9,11H2,(H,22,23,24). The molecule has 26 heavy (non-hydrogen) atoms. The topological polar surface area (TPSA) is 67.8 Å². The summed E-state index contributed by atoms with van der Waals surface area (Å²) in [4.78, 5) is 26.7. The zero-order valence-corrected chi connectivity index (χ0v) is 15.8. The van der Waals surface area contributed by atoms with Gasteiger partial charge in [0, 0.05) is 10.4 Å². The van der Waals surface area contributed by atoms with Crippen LogP contribution in [0.4, 0.5) is 5.13 Å². The molecule has 2 heterocycles. The lowest BCUT2D eigenvalue weighted by Crippen LogP contribution is -2.14. The molecule has 3 aromatic rings. The first kappa shape index (κ1) is 17.2. The molecule has 0 unspecified atom stereocenters. The molecule has 7 heteroatoms. The highest BCUT2D eigenvalue weighted by Crippen LogP contribution is 2.29. The minimum atomic E-state index is -0.0547. The zero-order chi connectivity index (χ0) is 17.8. The molecule has 0 fully saturated rings. The monoisotopic (exact) mass is 382 g/mol. The van der Waals surface area contributed by atoms with E-state index in [1.807, 2.05) is 36.4 Å². The predicted molar refractivity (Wildman–Crippen MR) is 106 cm³/mol. The van der Waals surface area contributed by atoms with E-state index in [1.165, 1.54) is 35.8 Å². The van der Waals surface area contributed by atoms with Crippen LogP contribution in [0, 0.1) is 0 Å². The van der Waals surface area contributed by atoms with E-state index in [-0.39, 0.29) is 5.91 Å². The van der Waals surface area contributed by atoms with Crippen LogP contribution in [0.3, 0.4) is 0 Å². The Labute approximate surface area is 160 Å². The van der Waals surface area contributed by atoms with Crippen molar-refractivity contribution in [3.63, 3.8) is 0 Å². The first-order chi connectivity index (χ1) is 12.8. The Morgan fingerprint density at radius 3 is 2.85 bits per heavy atom. The van der Waals surface area contributed by atoms with Crippen LogP contribution in [0.1, 0.15) is 23.4 Å². The molecule has 0 atom stereocenters. The molecule has 0 spiro atoms. The molecule has 1 amide bonds. The van der Waals surface area contributed by atoms with Crippen LogP contribution in [0.25, 0.3) is 11.3 Å². The molecule has 0 radical (unpaired) electrons. The highest BCUT2D eigenvalue weighted by atomic mass is 32.2. The lowest BCUT2D eigenvalue weighted by Gasteiger charge is -2.06. The van der Waals surface area contributed by atoms with Gasteiger partial charge in [-0.25, -0.2) is 15.0 Å². The SMILES string of the molecule is O=C(CSc1cc(-c2ccccc2)ncn1)Nc1nc2c(s1)CCCC2. The summed E-state index contributed by atoms with van der Waals surface area (Å²) >= 11 is 3.01. The van der Waals surface area contributed by atoms with Gasteiger partial charge in [0.05, 0.1) is 17.1 Å². The number of thioether (sulfide) groups is 1. The number of aromatic nitrogens is 3. The second-order valence-corrected chi connectivity index (χ2v) is 8.12. The molecular weight excluding hydrogens is 364 g/mol. The van der Waals surface area contributed by atoms with Crippen molar-refractivity contribution in [3.8, 4) is 11.3 Å². The molecule has 1 aromatic carbocycles. The number of fused-ring (bicyclic) bond motifs is 1.